The first-order valence-corrected chi connectivity index (χ1v) is 7.68. The lowest BCUT2D eigenvalue weighted by Crippen LogP contribution is -2.40. The van der Waals surface area contributed by atoms with Crippen LogP contribution >= 0.6 is 0 Å². The third-order valence-corrected chi connectivity index (χ3v) is 4.34. The summed E-state index contributed by atoms with van der Waals surface area (Å²) < 4.78 is 5.01. The summed E-state index contributed by atoms with van der Waals surface area (Å²) in [6.07, 6.45) is 4.11. The van der Waals surface area contributed by atoms with Crippen molar-refractivity contribution in [2.45, 2.75) is 32.7 Å². The molecular formula is C15H22N4O2. The second-order valence-corrected chi connectivity index (χ2v) is 5.76. The minimum atomic E-state index is -0.349. The SMILES string of the molecule is CCOC(=O)c1cnc(N2CC3CCCNC3C2)nc1C. The van der Waals surface area contributed by atoms with Crippen LogP contribution in [0, 0.1) is 12.8 Å². The van der Waals surface area contributed by atoms with Crippen molar-refractivity contribution in [1.29, 1.82) is 0 Å². The van der Waals surface area contributed by atoms with Crippen LogP contribution < -0.4 is 10.2 Å². The standard InChI is InChI=1S/C15H22N4O2/c1-3-21-14(20)12-7-17-15(18-10(12)2)19-8-11-5-4-6-16-13(11)9-19/h7,11,13,16H,3-6,8-9H2,1-2H3. The van der Waals surface area contributed by atoms with E-state index in [0.717, 1.165) is 25.6 Å². The molecule has 1 N–H and O–H groups in total. The van der Waals surface area contributed by atoms with E-state index in [4.69, 9.17) is 4.74 Å². The molecule has 6 nitrogen and oxygen atoms in total. The number of hydrogen-bond donors (Lipinski definition) is 1. The van der Waals surface area contributed by atoms with Gasteiger partial charge in [0.25, 0.3) is 0 Å². The Morgan fingerprint density at radius 3 is 3.10 bits per heavy atom. The number of carbonyl (C=O) groups is 1. The number of nitrogens with one attached hydrogen (secondary N) is 1. The van der Waals surface area contributed by atoms with E-state index < -0.39 is 0 Å². The van der Waals surface area contributed by atoms with Crippen LogP contribution in [0.4, 0.5) is 5.95 Å². The Morgan fingerprint density at radius 2 is 2.38 bits per heavy atom. The van der Waals surface area contributed by atoms with Gasteiger partial charge >= 0.3 is 5.97 Å². The summed E-state index contributed by atoms with van der Waals surface area (Å²) in [5.74, 6) is 1.06. The molecule has 114 valence electrons. The molecular weight excluding hydrogens is 268 g/mol. The normalized spacial score (nSPS) is 24.8. The third kappa shape index (κ3) is 2.85. The van der Waals surface area contributed by atoms with Crippen LogP contribution in [0.15, 0.2) is 6.20 Å². The molecule has 3 rings (SSSR count). The zero-order chi connectivity index (χ0) is 14.8. The van der Waals surface area contributed by atoms with E-state index in [1.807, 2.05) is 6.92 Å². The molecule has 0 aliphatic carbocycles. The molecule has 0 saturated carbocycles. The maximum absolute atomic E-state index is 11.8. The molecule has 2 saturated heterocycles. The Kier molecular flexibility index (Phi) is 4.05. The second kappa shape index (κ2) is 5.97. The smallest absolute Gasteiger partial charge is 0.341 e. The minimum absolute atomic E-state index is 0.349. The van der Waals surface area contributed by atoms with Gasteiger partial charge < -0.3 is 15.0 Å². The zero-order valence-electron chi connectivity index (χ0n) is 12.6. The highest BCUT2D eigenvalue weighted by atomic mass is 16.5. The zero-order valence-corrected chi connectivity index (χ0v) is 12.6. The number of carbonyl (C=O) groups excluding carboxylic acids is 1. The number of rotatable bonds is 3. The van der Waals surface area contributed by atoms with Crippen molar-refractivity contribution in [2.75, 3.05) is 31.1 Å². The number of aryl methyl sites for hydroxylation is 1. The van der Waals surface area contributed by atoms with Gasteiger partial charge in [-0.1, -0.05) is 0 Å². The highest BCUT2D eigenvalue weighted by Gasteiger charge is 2.35. The molecule has 1 aromatic rings. The van der Waals surface area contributed by atoms with Gasteiger partial charge in [-0.3, -0.25) is 0 Å². The van der Waals surface area contributed by atoms with Gasteiger partial charge in [0.1, 0.15) is 0 Å². The van der Waals surface area contributed by atoms with Crippen molar-refractivity contribution >= 4 is 11.9 Å². The van der Waals surface area contributed by atoms with Crippen LogP contribution in [0.1, 0.15) is 35.8 Å². The molecule has 2 aliphatic rings. The van der Waals surface area contributed by atoms with E-state index in [-0.39, 0.29) is 5.97 Å². The predicted molar refractivity (Wildman–Crippen MR) is 79.5 cm³/mol. The first kappa shape index (κ1) is 14.3. The van der Waals surface area contributed by atoms with E-state index in [2.05, 4.69) is 20.2 Å². The van der Waals surface area contributed by atoms with Crippen LogP contribution in [-0.2, 0) is 4.74 Å². The van der Waals surface area contributed by atoms with E-state index in [9.17, 15) is 4.79 Å². The summed E-state index contributed by atoms with van der Waals surface area (Å²) in [4.78, 5) is 22.9. The van der Waals surface area contributed by atoms with Gasteiger partial charge in [-0.05, 0) is 39.2 Å². The lowest BCUT2D eigenvalue weighted by atomic mass is 9.94. The highest BCUT2D eigenvalue weighted by molar-refractivity contribution is 5.90. The van der Waals surface area contributed by atoms with E-state index >= 15 is 0 Å². The average molecular weight is 290 g/mol. The van der Waals surface area contributed by atoms with E-state index in [1.54, 1.807) is 13.1 Å². The summed E-state index contributed by atoms with van der Waals surface area (Å²) in [5, 5.41) is 3.57. The Balaban J connectivity index is 1.75. The van der Waals surface area contributed by atoms with Crippen LogP contribution in [0.3, 0.4) is 0 Å². The Bertz CT molecular complexity index is 520. The largest absolute Gasteiger partial charge is 0.462 e. The fourth-order valence-corrected chi connectivity index (χ4v) is 3.23. The quantitative estimate of drug-likeness (QED) is 0.842. The van der Waals surface area contributed by atoms with Gasteiger partial charge in [-0.25, -0.2) is 14.8 Å². The van der Waals surface area contributed by atoms with Crippen molar-refractivity contribution in [2.24, 2.45) is 5.92 Å². The first-order valence-electron chi connectivity index (χ1n) is 7.68. The van der Waals surface area contributed by atoms with Crippen molar-refractivity contribution in [1.82, 2.24) is 15.3 Å². The third-order valence-electron chi connectivity index (χ3n) is 4.34. The fourth-order valence-electron chi connectivity index (χ4n) is 3.23. The predicted octanol–water partition coefficient (Wildman–Crippen LogP) is 1.15. The van der Waals surface area contributed by atoms with Gasteiger partial charge in [0, 0.05) is 25.3 Å². The van der Waals surface area contributed by atoms with Crippen LogP contribution in [-0.4, -0.2) is 48.2 Å². The van der Waals surface area contributed by atoms with Crippen molar-refractivity contribution in [3.63, 3.8) is 0 Å². The Hall–Kier alpha value is -1.69. The molecule has 0 bridgehead atoms. The molecule has 2 fully saturated rings. The molecule has 6 heteroatoms. The van der Waals surface area contributed by atoms with E-state index in [1.165, 1.54) is 12.8 Å². The minimum Gasteiger partial charge on any atom is -0.462 e. The molecule has 3 heterocycles. The fraction of sp³-hybridized carbons (Fsp3) is 0.667. The first-order chi connectivity index (χ1) is 10.2. The summed E-state index contributed by atoms with van der Waals surface area (Å²) in [6, 6.07) is 0.549. The lowest BCUT2D eigenvalue weighted by molar-refractivity contribution is 0.0524. The topological polar surface area (TPSA) is 67.3 Å². The molecule has 2 unspecified atom stereocenters. The van der Waals surface area contributed by atoms with Crippen LogP contribution in [0.25, 0.3) is 0 Å². The monoisotopic (exact) mass is 290 g/mol. The number of piperidine rings is 1. The van der Waals surface area contributed by atoms with Gasteiger partial charge in [-0.2, -0.15) is 0 Å². The van der Waals surface area contributed by atoms with Gasteiger partial charge in [0.2, 0.25) is 5.95 Å². The summed E-state index contributed by atoms with van der Waals surface area (Å²) in [5.41, 5.74) is 1.14. The lowest BCUT2D eigenvalue weighted by Gasteiger charge is -2.24. The molecule has 2 atom stereocenters. The number of ether oxygens (including phenoxy) is 1. The van der Waals surface area contributed by atoms with Gasteiger partial charge in [0.15, 0.2) is 0 Å². The molecule has 0 radical (unpaired) electrons. The number of esters is 1. The number of hydrogen-bond acceptors (Lipinski definition) is 6. The summed E-state index contributed by atoms with van der Waals surface area (Å²) in [6.45, 7) is 7.04. The number of aromatic nitrogens is 2. The molecule has 1 aromatic heterocycles. The second-order valence-electron chi connectivity index (χ2n) is 5.76. The van der Waals surface area contributed by atoms with E-state index in [0.29, 0.717) is 29.8 Å². The average Bonchev–Trinajstić information content (AvgIpc) is 2.91. The Morgan fingerprint density at radius 1 is 1.52 bits per heavy atom. The maximum Gasteiger partial charge on any atom is 0.341 e. The highest BCUT2D eigenvalue weighted by Crippen LogP contribution is 2.27. The van der Waals surface area contributed by atoms with Crippen molar-refractivity contribution in [3.05, 3.63) is 17.5 Å². The van der Waals surface area contributed by atoms with Crippen molar-refractivity contribution < 1.29 is 9.53 Å². The number of fused-ring (bicyclic) bond motifs is 1. The number of anilines is 1. The summed E-state index contributed by atoms with van der Waals surface area (Å²) >= 11 is 0. The van der Waals surface area contributed by atoms with Crippen molar-refractivity contribution in [3.8, 4) is 0 Å². The molecule has 0 aromatic carbocycles. The van der Waals surface area contributed by atoms with Crippen LogP contribution in [0.2, 0.25) is 0 Å². The molecule has 21 heavy (non-hydrogen) atoms. The van der Waals surface area contributed by atoms with Crippen LogP contribution in [0.5, 0.6) is 0 Å². The molecule has 0 amide bonds. The molecule has 0 spiro atoms. The maximum atomic E-state index is 11.8. The Labute approximate surface area is 124 Å². The number of nitrogens with zero attached hydrogens (tertiary/aromatic N) is 3. The molecule has 2 aliphatic heterocycles. The van der Waals surface area contributed by atoms with Gasteiger partial charge in [0.05, 0.1) is 17.9 Å². The summed E-state index contributed by atoms with van der Waals surface area (Å²) in [7, 11) is 0. The van der Waals surface area contributed by atoms with Gasteiger partial charge in [-0.15, -0.1) is 0 Å².